The fourth-order valence-electron chi connectivity index (χ4n) is 3.29. The Morgan fingerprint density at radius 1 is 1.20 bits per heavy atom. The van der Waals surface area contributed by atoms with Crippen LogP contribution in [-0.2, 0) is 11.8 Å². The lowest BCUT2D eigenvalue weighted by Gasteiger charge is -2.26. The summed E-state index contributed by atoms with van der Waals surface area (Å²) in [5.41, 5.74) is 2.11. The smallest absolute Gasteiger partial charge is 0.233 e. The highest BCUT2D eigenvalue weighted by atomic mass is 32.2. The summed E-state index contributed by atoms with van der Waals surface area (Å²) in [5.74, 6) is 1.42. The maximum atomic E-state index is 12.3. The summed E-state index contributed by atoms with van der Waals surface area (Å²) in [6.07, 6.45) is 5.42. The minimum Gasteiger partial charge on any atom is -0.360 e. The molecular weight excluding hydrogens is 334 g/mol. The first-order valence-corrected chi connectivity index (χ1v) is 9.59. The number of para-hydroxylation sites is 1. The van der Waals surface area contributed by atoms with Gasteiger partial charge in [-0.15, -0.1) is 10.2 Å². The van der Waals surface area contributed by atoms with Gasteiger partial charge in [-0.05, 0) is 25.3 Å². The van der Waals surface area contributed by atoms with Gasteiger partial charge in [0.1, 0.15) is 0 Å². The lowest BCUT2D eigenvalue weighted by atomic mass is 10.1. The summed E-state index contributed by atoms with van der Waals surface area (Å²) in [6, 6.07) is 8.14. The van der Waals surface area contributed by atoms with Gasteiger partial charge in [-0.3, -0.25) is 4.79 Å². The summed E-state index contributed by atoms with van der Waals surface area (Å²) >= 11 is 1.46. The molecule has 0 spiro atoms. The fourth-order valence-corrected chi connectivity index (χ4v) is 4.11. The molecule has 2 aromatic heterocycles. The van der Waals surface area contributed by atoms with Crippen molar-refractivity contribution in [3.05, 3.63) is 30.5 Å². The van der Waals surface area contributed by atoms with Crippen LogP contribution in [0.5, 0.6) is 0 Å². The lowest BCUT2D eigenvalue weighted by Crippen LogP contribution is -2.36. The zero-order chi connectivity index (χ0) is 17.2. The van der Waals surface area contributed by atoms with Crippen LogP contribution in [0.4, 0.5) is 0 Å². The number of piperidine rings is 1. The lowest BCUT2D eigenvalue weighted by molar-refractivity contribution is -0.129. The second-order valence-electron chi connectivity index (χ2n) is 6.34. The molecule has 1 fully saturated rings. The molecule has 4 rings (SSSR count). The Labute approximate surface area is 150 Å². The van der Waals surface area contributed by atoms with E-state index in [9.17, 15) is 4.79 Å². The fraction of sp³-hybridized carbons (Fsp3) is 0.389. The number of fused-ring (bicyclic) bond motifs is 1. The minimum atomic E-state index is 0.196. The van der Waals surface area contributed by atoms with E-state index in [0.717, 1.165) is 53.4 Å². The molecule has 1 saturated heterocycles. The van der Waals surface area contributed by atoms with Crippen molar-refractivity contribution in [3.63, 3.8) is 0 Å². The molecule has 1 N–H and O–H groups in total. The molecule has 0 aliphatic carbocycles. The van der Waals surface area contributed by atoms with Crippen LogP contribution in [0.1, 0.15) is 19.3 Å². The van der Waals surface area contributed by atoms with E-state index in [1.54, 1.807) is 0 Å². The Balaban J connectivity index is 1.50. The molecule has 1 aromatic carbocycles. The number of benzene rings is 1. The molecule has 130 valence electrons. The topological polar surface area (TPSA) is 66.8 Å². The SMILES string of the molecule is Cn1c(SCC(=O)N2CCCCC2)nnc1-c1c[nH]c2ccccc12. The van der Waals surface area contributed by atoms with Crippen molar-refractivity contribution in [3.8, 4) is 11.4 Å². The van der Waals surface area contributed by atoms with E-state index in [0.29, 0.717) is 5.75 Å². The van der Waals surface area contributed by atoms with E-state index >= 15 is 0 Å². The van der Waals surface area contributed by atoms with Crippen LogP contribution >= 0.6 is 11.8 Å². The van der Waals surface area contributed by atoms with Crippen molar-refractivity contribution in [2.75, 3.05) is 18.8 Å². The summed E-state index contributed by atoms with van der Waals surface area (Å²) in [6.45, 7) is 1.78. The number of nitrogens with one attached hydrogen (secondary N) is 1. The van der Waals surface area contributed by atoms with Gasteiger partial charge in [0, 0.05) is 42.8 Å². The van der Waals surface area contributed by atoms with Crippen LogP contribution in [0.25, 0.3) is 22.3 Å². The van der Waals surface area contributed by atoms with Gasteiger partial charge in [0.25, 0.3) is 0 Å². The van der Waals surface area contributed by atoms with Crippen LogP contribution in [0.2, 0.25) is 0 Å². The summed E-state index contributed by atoms with van der Waals surface area (Å²) in [5, 5.41) is 10.5. The maximum Gasteiger partial charge on any atom is 0.233 e. The number of amides is 1. The zero-order valence-corrected chi connectivity index (χ0v) is 15.1. The summed E-state index contributed by atoms with van der Waals surface area (Å²) in [4.78, 5) is 17.6. The van der Waals surface area contributed by atoms with Crippen LogP contribution in [0.3, 0.4) is 0 Å². The van der Waals surface area contributed by atoms with Gasteiger partial charge in [-0.25, -0.2) is 0 Å². The normalized spacial score (nSPS) is 15.0. The maximum absolute atomic E-state index is 12.3. The van der Waals surface area contributed by atoms with Crippen LogP contribution in [0, 0.1) is 0 Å². The third kappa shape index (κ3) is 3.16. The average Bonchev–Trinajstić information content (AvgIpc) is 3.24. The van der Waals surface area contributed by atoms with E-state index in [-0.39, 0.29) is 5.91 Å². The Bertz CT molecular complexity index is 894. The second-order valence-corrected chi connectivity index (χ2v) is 7.29. The molecule has 0 radical (unpaired) electrons. The van der Waals surface area contributed by atoms with Crippen LogP contribution < -0.4 is 0 Å². The van der Waals surface area contributed by atoms with E-state index in [1.165, 1.54) is 18.2 Å². The third-order valence-electron chi connectivity index (χ3n) is 4.70. The van der Waals surface area contributed by atoms with Crippen molar-refractivity contribution in [1.82, 2.24) is 24.6 Å². The summed E-state index contributed by atoms with van der Waals surface area (Å²) < 4.78 is 1.96. The van der Waals surface area contributed by atoms with Crippen molar-refractivity contribution in [1.29, 1.82) is 0 Å². The predicted molar refractivity (Wildman–Crippen MR) is 99.5 cm³/mol. The molecule has 0 unspecified atom stereocenters. The monoisotopic (exact) mass is 355 g/mol. The van der Waals surface area contributed by atoms with Crippen molar-refractivity contribution >= 4 is 28.6 Å². The molecule has 3 aromatic rings. The zero-order valence-electron chi connectivity index (χ0n) is 14.2. The first kappa shape index (κ1) is 16.2. The van der Waals surface area contributed by atoms with Gasteiger partial charge in [0.2, 0.25) is 5.91 Å². The number of carbonyl (C=O) groups is 1. The number of nitrogens with zero attached hydrogens (tertiary/aromatic N) is 4. The number of carbonyl (C=O) groups excluding carboxylic acids is 1. The Morgan fingerprint density at radius 3 is 2.84 bits per heavy atom. The Morgan fingerprint density at radius 2 is 2.00 bits per heavy atom. The molecular formula is C18H21N5OS. The largest absolute Gasteiger partial charge is 0.360 e. The molecule has 6 nitrogen and oxygen atoms in total. The molecule has 0 bridgehead atoms. The minimum absolute atomic E-state index is 0.196. The Kier molecular flexibility index (Phi) is 4.48. The van der Waals surface area contributed by atoms with Gasteiger partial charge in [0.15, 0.2) is 11.0 Å². The highest BCUT2D eigenvalue weighted by molar-refractivity contribution is 7.99. The number of thioether (sulfide) groups is 1. The third-order valence-corrected chi connectivity index (χ3v) is 5.70. The average molecular weight is 355 g/mol. The molecule has 1 aliphatic rings. The molecule has 7 heteroatoms. The van der Waals surface area contributed by atoms with Gasteiger partial charge < -0.3 is 14.5 Å². The highest BCUT2D eigenvalue weighted by Crippen LogP contribution is 2.29. The van der Waals surface area contributed by atoms with E-state index in [4.69, 9.17) is 0 Å². The number of aromatic amines is 1. The number of likely N-dealkylation sites (tertiary alicyclic amines) is 1. The van der Waals surface area contributed by atoms with E-state index < -0.39 is 0 Å². The first-order valence-electron chi connectivity index (χ1n) is 8.60. The molecule has 0 atom stereocenters. The number of rotatable bonds is 4. The molecule has 25 heavy (non-hydrogen) atoms. The van der Waals surface area contributed by atoms with Crippen LogP contribution in [0.15, 0.2) is 35.6 Å². The number of aromatic nitrogens is 4. The molecule has 1 aliphatic heterocycles. The predicted octanol–water partition coefficient (Wildman–Crippen LogP) is 3.07. The quantitative estimate of drug-likeness (QED) is 0.731. The number of hydrogen-bond acceptors (Lipinski definition) is 4. The van der Waals surface area contributed by atoms with E-state index in [1.807, 2.05) is 40.9 Å². The molecule has 1 amide bonds. The van der Waals surface area contributed by atoms with Crippen molar-refractivity contribution in [2.45, 2.75) is 24.4 Å². The molecule has 0 saturated carbocycles. The van der Waals surface area contributed by atoms with Gasteiger partial charge in [-0.1, -0.05) is 30.0 Å². The highest BCUT2D eigenvalue weighted by Gasteiger charge is 2.19. The van der Waals surface area contributed by atoms with E-state index in [2.05, 4.69) is 21.2 Å². The van der Waals surface area contributed by atoms with Crippen molar-refractivity contribution in [2.24, 2.45) is 7.05 Å². The first-order chi connectivity index (χ1) is 12.2. The Hall–Kier alpha value is -2.28. The van der Waals surface area contributed by atoms with Gasteiger partial charge >= 0.3 is 0 Å². The number of hydrogen-bond donors (Lipinski definition) is 1. The summed E-state index contributed by atoms with van der Waals surface area (Å²) in [7, 11) is 1.95. The van der Waals surface area contributed by atoms with Gasteiger partial charge in [-0.2, -0.15) is 0 Å². The van der Waals surface area contributed by atoms with Crippen LogP contribution in [-0.4, -0.2) is 49.4 Å². The standard InChI is InChI=1S/C18H21N5OS/c1-22-17(14-11-19-15-8-4-3-7-13(14)15)20-21-18(22)25-12-16(24)23-9-5-2-6-10-23/h3-4,7-8,11,19H,2,5-6,9-10,12H2,1H3. The second kappa shape index (κ2) is 6.92. The molecule has 3 heterocycles. The number of H-pyrrole nitrogens is 1. The van der Waals surface area contributed by atoms with Crippen molar-refractivity contribution < 1.29 is 4.79 Å². The van der Waals surface area contributed by atoms with Gasteiger partial charge in [0.05, 0.1) is 5.75 Å².